The molecule has 1 aromatic carbocycles. The van der Waals surface area contributed by atoms with Crippen molar-refractivity contribution in [1.29, 1.82) is 0 Å². The maximum Gasteiger partial charge on any atom is 0.459 e. The van der Waals surface area contributed by atoms with E-state index in [9.17, 15) is 28.8 Å². The van der Waals surface area contributed by atoms with Crippen LogP contribution in [-0.2, 0) is 28.1 Å². The second-order valence-corrected chi connectivity index (χ2v) is 9.74. The number of nitrogens with one attached hydrogen (secondary N) is 2. The predicted octanol–water partition coefficient (Wildman–Crippen LogP) is 1.25. The molecule has 5 atom stereocenters. The minimum Gasteiger partial charge on any atom is -0.468 e. The Hall–Kier alpha value is -3.98. The molecule has 1 aromatic heterocycles. The van der Waals surface area contributed by atoms with E-state index < -0.39 is 68.6 Å². The summed E-state index contributed by atoms with van der Waals surface area (Å²) in [4.78, 5) is 52.6. The maximum absolute atomic E-state index is 13.8. The number of rotatable bonds is 15. The van der Waals surface area contributed by atoms with Gasteiger partial charge in [0.15, 0.2) is 0 Å². The van der Waals surface area contributed by atoms with Crippen LogP contribution in [0.1, 0.15) is 30.4 Å². The Balaban J connectivity index is 2.39. The SMILES string of the molecule is COC(=O)c1ccccc1OP(=O)(N[C@@H](C)C(=O)OC)OC[C@@H](O[C@@H](CN=[N+]=[N-])n1ccc(=O)[nH]c1=O)C(C)O. The zero-order valence-corrected chi connectivity index (χ0v) is 22.8. The lowest BCUT2D eigenvalue weighted by Crippen LogP contribution is -2.40. The Morgan fingerprint density at radius 1 is 1.20 bits per heavy atom. The number of esters is 2. The fourth-order valence-corrected chi connectivity index (χ4v) is 4.65. The predicted molar refractivity (Wildman–Crippen MR) is 138 cm³/mol. The van der Waals surface area contributed by atoms with Crippen molar-refractivity contribution in [3.05, 3.63) is 73.4 Å². The summed E-state index contributed by atoms with van der Waals surface area (Å²) < 4.78 is 40.9. The number of methoxy groups -OCH3 is 2. The van der Waals surface area contributed by atoms with Crippen LogP contribution < -0.4 is 20.9 Å². The van der Waals surface area contributed by atoms with E-state index in [1.165, 1.54) is 38.1 Å². The van der Waals surface area contributed by atoms with Crippen molar-refractivity contribution in [3.8, 4) is 5.75 Å². The number of carbonyl (C=O) groups is 2. The molecule has 1 heterocycles. The number of ether oxygens (including phenoxy) is 3. The molecule has 0 saturated heterocycles. The molecule has 0 saturated carbocycles. The van der Waals surface area contributed by atoms with Crippen LogP contribution in [0.25, 0.3) is 10.4 Å². The van der Waals surface area contributed by atoms with E-state index in [0.29, 0.717) is 0 Å². The van der Waals surface area contributed by atoms with E-state index in [4.69, 9.17) is 24.1 Å². The molecule has 0 radical (unpaired) electrons. The Morgan fingerprint density at radius 3 is 2.50 bits per heavy atom. The van der Waals surface area contributed by atoms with Crippen molar-refractivity contribution < 1.29 is 42.5 Å². The van der Waals surface area contributed by atoms with Crippen LogP contribution in [0.5, 0.6) is 5.75 Å². The topological polar surface area (TPSA) is 233 Å². The standard InChI is InChI=1S/C22H29N6O11P/c1-13(20(31)35-3)26-40(34,39-16-8-6-5-7-15(16)21(32)36-4)37-12-17(14(2)29)38-19(11-24-27-23)28-10-9-18(30)25-22(28)33/h5-10,13-14,17,19,29H,11-12H2,1-4H3,(H,26,34)(H,25,30,33)/t13-,14?,17+,19-,40?/m0/s1. The normalized spacial score (nSPS) is 15.4. The van der Waals surface area contributed by atoms with Gasteiger partial charge in [-0.15, -0.1) is 0 Å². The van der Waals surface area contributed by atoms with Gasteiger partial charge in [-0.1, -0.05) is 17.2 Å². The van der Waals surface area contributed by atoms with Gasteiger partial charge in [0.1, 0.15) is 29.7 Å². The third-order valence-electron chi connectivity index (χ3n) is 5.16. The van der Waals surface area contributed by atoms with Crippen molar-refractivity contribution in [3.63, 3.8) is 0 Å². The fraction of sp³-hybridized carbons (Fsp3) is 0.455. The summed E-state index contributed by atoms with van der Waals surface area (Å²) in [6.45, 7) is 1.51. The van der Waals surface area contributed by atoms with E-state index in [0.717, 1.165) is 31.0 Å². The number of hydrogen-bond acceptors (Lipinski definition) is 12. The Bertz CT molecular complexity index is 1390. The quantitative estimate of drug-likeness (QED) is 0.0882. The summed E-state index contributed by atoms with van der Waals surface area (Å²) in [5.41, 5.74) is 7.07. The molecule has 40 heavy (non-hydrogen) atoms. The van der Waals surface area contributed by atoms with Crippen molar-refractivity contribution in [1.82, 2.24) is 14.6 Å². The number of H-pyrrole nitrogens is 1. The average Bonchev–Trinajstić information content (AvgIpc) is 2.92. The first-order valence-electron chi connectivity index (χ1n) is 11.6. The van der Waals surface area contributed by atoms with Gasteiger partial charge in [0.25, 0.3) is 5.56 Å². The molecular formula is C22H29N6O11P. The van der Waals surface area contributed by atoms with Gasteiger partial charge in [0, 0.05) is 17.2 Å². The number of benzene rings is 1. The molecule has 17 nitrogen and oxygen atoms in total. The molecule has 218 valence electrons. The molecule has 2 unspecified atom stereocenters. The molecule has 0 aliphatic carbocycles. The van der Waals surface area contributed by atoms with Crippen LogP contribution in [0.3, 0.4) is 0 Å². The number of hydrogen-bond donors (Lipinski definition) is 3. The lowest BCUT2D eigenvalue weighted by molar-refractivity contribution is -0.142. The molecule has 0 bridgehead atoms. The van der Waals surface area contributed by atoms with E-state index >= 15 is 0 Å². The highest BCUT2D eigenvalue weighted by atomic mass is 31.2. The molecule has 2 aromatic rings. The van der Waals surface area contributed by atoms with Crippen molar-refractivity contribution in [2.45, 2.75) is 38.3 Å². The van der Waals surface area contributed by atoms with Crippen LogP contribution in [0.2, 0.25) is 0 Å². The fourth-order valence-electron chi connectivity index (χ4n) is 3.13. The monoisotopic (exact) mass is 584 g/mol. The van der Waals surface area contributed by atoms with Crippen LogP contribution >= 0.6 is 7.75 Å². The van der Waals surface area contributed by atoms with Gasteiger partial charge >= 0.3 is 25.4 Å². The van der Waals surface area contributed by atoms with E-state index in [2.05, 4.69) is 19.9 Å². The number of aromatic nitrogens is 2. The Labute approximate surface area is 227 Å². The van der Waals surface area contributed by atoms with E-state index in [1.54, 1.807) is 0 Å². The maximum atomic E-state index is 13.8. The first-order valence-corrected chi connectivity index (χ1v) is 13.1. The Kier molecular flexibility index (Phi) is 12.1. The minimum atomic E-state index is -4.54. The van der Waals surface area contributed by atoms with Crippen molar-refractivity contribution in [2.75, 3.05) is 27.4 Å². The number of aliphatic hydroxyl groups is 1. The second-order valence-electron chi connectivity index (χ2n) is 8.05. The number of aliphatic hydroxyl groups excluding tert-OH is 1. The summed E-state index contributed by atoms with van der Waals surface area (Å²) in [5.74, 6) is -1.83. The number of aromatic amines is 1. The molecule has 0 fully saturated rings. The molecule has 3 N–H and O–H groups in total. The summed E-state index contributed by atoms with van der Waals surface area (Å²) in [5, 5.41) is 16.1. The van der Waals surface area contributed by atoms with Crippen molar-refractivity contribution in [2.24, 2.45) is 5.11 Å². The van der Waals surface area contributed by atoms with Gasteiger partial charge in [-0.3, -0.25) is 23.7 Å². The number of carbonyl (C=O) groups excluding carboxylic acids is 2. The average molecular weight is 584 g/mol. The Morgan fingerprint density at radius 2 is 1.90 bits per heavy atom. The summed E-state index contributed by atoms with van der Waals surface area (Å²) in [6.07, 6.45) is -2.89. The van der Waals surface area contributed by atoms with Gasteiger partial charge in [-0.25, -0.2) is 14.2 Å². The molecule has 18 heteroatoms. The van der Waals surface area contributed by atoms with Gasteiger partial charge in [-0.05, 0) is 31.5 Å². The smallest absolute Gasteiger partial charge is 0.459 e. The van der Waals surface area contributed by atoms with Crippen LogP contribution in [-0.4, -0.2) is 72.2 Å². The highest BCUT2D eigenvalue weighted by Crippen LogP contribution is 2.46. The highest BCUT2D eigenvalue weighted by Gasteiger charge is 2.35. The third kappa shape index (κ3) is 9.05. The number of nitrogens with zero attached hydrogens (tertiary/aromatic N) is 4. The zero-order valence-electron chi connectivity index (χ0n) is 22.0. The van der Waals surface area contributed by atoms with E-state index in [1.807, 2.05) is 4.98 Å². The summed E-state index contributed by atoms with van der Waals surface area (Å²) >= 11 is 0. The summed E-state index contributed by atoms with van der Waals surface area (Å²) in [7, 11) is -2.29. The summed E-state index contributed by atoms with van der Waals surface area (Å²) in [6, 6.07) is 5.47. The number of azide groups is 1. The molecule has 0 amide bonds. The van der Waals surface area contributed by atoms with Crippen LogP contribution in [0.15, 0.2) is 51.2 Å². The van der Waals surface area contributed by atoms with Crippen LogP contribution in [0.4, 0.5) is 0 Å². The lowest BCUT2D eigenvalue weighted by atomic mass is 10.2. The van der Waals surface area contributed by atoms with E-state index in [-0.39, 0.29) is 11.3 Å². The largest absolute Gasteiger partial charge is 0.468 e. The lowest BCUT2D eigenvalue weighted by Gasteiger charge is -2.29. The van der Waals surface area contributed by atoms with Crippen molar-refractivity contribution >= 4 is 19.7 Å². The van der Waals surface area contributed by atoms with Gasteiger partial charge in [0.05, 0.1) is 33.5 Å². The van der Waals surface area contributed by atoms with Crippen LogP contribution in [0, 0.1) is 0 Å². The van der Waals surface area contributed by atoms with Gasteiger partial charge < -0.3 is 23.8 Å². The van der Waals surface area contributed by atoms with Gasteiger partial charge in [-0.2, -0.15) is 5.09 Å². The first-order chi connectivity index (χ1) is 18.9. The third-order valence-corrected chi connectivity index (χ3v) is 6.79. The highest BCUT2D eigenvalue weighted by molar-refractivity contribution is 7.52. The molecule has 0 aliphatic rings. The first kappa shape index (κ1) is 32.2. The minimum absolute atomic E-state index is 0.100. The molecule has 0 spiro atoms. The molecule has 0 aliphatic heterocycles. The zero-order chi connectivity index (χ0) is 29.9. The molecule has 2 rings (SSSR count). The molecular weight excluding hydrogens is 555 g/mol. The second kappa shape index (κ2) is 15.0. The van der Waals surface area contributed by atoms with Gasteiger partial charge in [0.2, 0.25) is 0 Å². The number of para-hydroxylation sites is 1.